The summed E-state index contributed by atoms with van der Waals surface area (Å²) in [4.78, 5) is 12.1. The lowest BCUT2D eigenvalue weighted by atomic mass is 10.1. The molecule has 2 aromatic rings. The summed E-state index contributed by atoms with van der Waals surface area (Å²) in [7, 11) is -2.34. The maximum Gasteiger partial charge on any atom is 0.265 e. The molecule has 24 heavy (non-hydrogen) atoms. The molecule has 0 unspecified atom stereocenters. The zero-order valence-corrected chi connectivity index (χ0v) is 14.5. The molecule has 7 heteroatoms. The number of carbonyl (C=O) groups excluding carboxylic acids is 1. The van der Waals surface area contributed by atoms with Crippen molar-refractivity contribution >= 4 is 27.3 Å². The average molecular weight is 346 g/mol. The number of rotatable bonds is 3. The van der Waals surface area contributed by atoms with Crippen molar-refractivity contribution in [2.75, 3.05) is 23.3 Å². The Bertz CT molecular complexity index is 899. The van der Waals surface area contributed by atoms with Gasteiger partial charge in [0, 0.05) is 0 Å². The number of anilines is 2. The summed E-state index contributed by atoms with van der Waals surface area (Å²) in [6, 6.07) is 10.2. The van der Waals surface area contributed by atoms with Gasteiger partial charge in [-0.3, -0.25) is 9.10 Å². The van der Waals surface area contributed by atoms with E-state index in [1.165, 1.54) is 7.11 Å². The zero-order valence-electron chi connectivity index (χ0n) is 13.7. The molecule has 1 amide bonds. The molecular formula is C17H18N2O4S. The molecule has 0 saturated carbocycles. The number of hydrogen-bond donors (Lipinski definition) is 1. The molecule has 6 nitrogen and oxygen atoms in total. The van der Waals surface area contributed by atoms with Crippen LogP contribution in [0.1, 0.15) is 11.1 Å². The standard InChI is InChI=1S/C17H18N2O4S/c1-11-8-13(23-3)9-12(2)17(11)24(21,22)19-10-16(20)18-14-6-4-5-7-15(14)19/h4-9H,10H2,1-3H3,(H,18,20). The van der Waals surface area contributed by atoms with Crippen molar-refractivity contribution in [1.29, 1.82) is 0 Å². The number of ether oxygens (including phenoxy) is 1. The quantitative estimate of drug-likeness (QED) is 0.926. The van der Waals surface area contributed by atoms with E-state index in [2.05, 4.69) is 5.32 Å². The third kappa shape index (κ3) is 2.60. The summed E-state index contributed by atoms with van der Waals surface area (Å²) in [6.07, 6.45) is 0. The van der Waals surface area contributed by atoms with Gasteiger partial charge in [0.15, 0.2) is 0 Å². The topological polar surface area (TPSA) is 75.7 Å². The fourth-order valence-corrected chi connectivity index (χ4v) is 4.82. The molecule has 0 spiro atoms. The van der Waals surface area contributed by atoms with Gasteiger partial charge in [0.1, 0.15) is 12.3 Å². The highest BCUT2D eigenvalue weighted by atomic mass is 32.2. The number of benzene rings is 2. The van der Waals surface area contributed by atoms with Crippen LogP contribution in [0.4, 0.5) is 11.4 Å². The molecule has 1 aliphatic heterocycles. The van der Waals surface area contributed by atoms with Crippen LogP contribution in [0, 0.1) is 13.8 Å². The van der Waals surface area contributed by atoms with Gasteiger partial charge in [0.2, 0.25) is 5.91 Å². The normalized spacial score (nSPS) is 14.1. The van der Waals surface area contributed by atoms with Gasteiger partial charge in [0.05, 0.1) is 23.4 Å². The number of hydrogen-bond acceptors (Lipinski definition) is 4. The fraction of sp³-hybridized carbons (Fsp3) is 0.235. The molecule has 0 fully saturated rings. The highest BCUT2D eigenvalue weighted by Gasteiger charge is 2.34. The van der Waals surface area contributed by atoms with Crippen LogP contribution in [0.15, 0.2) is 41.3 Å². The van der Waals surface area contributed by atoms with Crippen molar-refractivity contribution in [3.8, 4) is 5.75 Å². The van der Waals surface area contributed by atoms with E-state index >= 15 is 0 Å². The Kier molecular flexibility index (Phi) is 3.96. The predicted octanol–water partition coefficient (Wildman–Crippen LogP) is 2.46. The first-order valence-electron chi connectivity index (χ1n) is 7.41. The van der Waals surface area contributed by atoms with Crippen molar-refractivity contribution in [1.82, 2.24) is 0 Å². The molecule has 0 aromatic heterocycles. The van der Waals surface area contributed by atoms with Crippen LogP contribution in [0.5, 0.6) is 5.75 Å². The summed E-state index contributed by atoms with van der Waals surface area (Å²) in [5.74, 6) is 0.238. The van der Waals surface area contributed by atoms with Gasteiger partial charge < -0.3 is 10.1 Å². The predicted molar refractivity (Wildman–Crippen MR) is 92.1 cm³/mol. The molecule has 1 N–H and O–H groups in total. The number of para-hydroxylation sites is 2. The largest absolute Gasteiger partial charge is 0.497 e. The summed E-state index contributed by atoms with van der Waals surface area (Å²) in [5, 5.41) is 2.70. The van der Waals surface area contributed by atoms with Crippen LogP contribution < -0.4 is 14.4 Å². The van der Waals surface area contributed by atoms with Crippen LogP contribution in [-0.2, 0) is 14.8 Å². The summed E-state index contributed by atoms with van der Waals surface area (Å²) in [5.41, 5.74) is 2.11. The highest BCUT2D eigenvalue weighted by Crippen LogP contribution is 2.36. The van der Waals surface area contributed by atoms with Crippen molar-refractivity contribution < 1.29 is 17.9 Å². The molecule has 1 heterocycles. The fourth-order valence-electron chi connectivity index (χ4n) is 2.96. The number of aryl methyl sites for hydroxylation is 2. The van der Waals surface area contributed by atoms with Gasteiger partial charge in [-0.15, -0.1) is 0 Å². The molecule has 1 aliphatic rings. The second-order valence-electron chi connectivity index (χ2n) is 5.67. The number of carbonyl (C=O) groups is 1. The number of nitrogens with zero attached hydrogens (tertiary/aromatic N) is 1. The van der Waals surface area contributed by atoms with E-state index in [4.69, 9.17) is 4.74 Å². The van der Waals surface area contributed by atoms with E-state index in [9.17, 15) is 13.2 Å². The average Bonchev–Trinajstić information content (AvgIpc) is 2.52. The smallest absolute Gasteiger partial charge is 0.265 e. The molecule has 3 rings (SSSR count). The Labute approximate surface area is 141 Å². The Morgan fingerprint density at radius 1 is 1.12 bits per heavy atom. The minimum atomic E-state index is -3.88. The molecule has 0 aliphatic carbocycles. The summed E-state index contributed by atoms with van der Waals surface area (Å²) in [6.45, 7) is 3.20. The van der Waals surface area contributed by atoms with Crippen LogP contribution >= 0.6 is 0 Å². The first-order valence-corrected chi connectivity index (χ1v) is 8.85. The maximum absolute atomic E-state index is 13.2. The lowest BCUT2D eigenvalue weighted by Gasteiger charge is -2.31. The molecule has 126 valence electrons. The monoisotopic (exact) mass is 346 g/mol. The van der Waals surface area contributed by atoms with E-state index in [0.717, 1.165) is 4.31 Å². The van der Waals surface area contributed by atoms with Crippen LogP contribution in [0.25, 0.3) is 0 Å². The van der Waals surface area contributed by atoms with Gasteiger partial charge >= 0.3 is 0 Å². The summed E-state index contributed by atoms with van der Waals surface area (Å²) >= 11 is 0. The maximum atomic E-state index is 13.2. The van der Waals surface area contributed by atoms with E-state index < -0.39 is 10.0 Å². The molecule has 2 aromatic carbocycles. The van der Waals surface area contributed by atoms with Crippen molar-refractivity contribution in [2.24, 2.45) is 0 Å². The Morgan fingerprint density at radius 3 is 2.38 bits per heavy atom. The van der Waals surface area contributed by atoms with Crippen molar-refractivity contribution in [3.63, 3.8) is 0 Å². The molecule has 0 atom stereocenters. The van der Waals surface area contributed by atoms with Crippen LogP contribution in [-0.4, -0.2) is 28.0 Å². The molecular weight excluding hydrogens is 328 g/mol. The second kappa shape index (κ2) is 5.83. The zero-order chi connectivity index (χ0) is 17.5. The van der Waals surface area contributed by atoms with E-state index in [-0.39, 0.29) is 17.3 Å². The van der Waals surface area contributed by atoms with Gasteiger partial charge in [-0.1, -0.05) is 12.1 Å². The molecule has 0 bridgehead atoms. The van der Waals surface area contributed by atoms with E-state index in [1.807, 2.05) is 0 Å². The number of sulfonamides is 1. The van der Waals surface area contributed by atoms with Gasteiger partial charge in [0.25, 0.3) is 10.0 Å². The van der Waals surface area contributed by atoms with Crippen molar-refractivity contribution in [2.45, 2.75) is 18.7 Å². The molecule has 0 saturated heterocycles. The van der Waals surface area contributed by atoms with Gasteiger partial charge in [-0.25, -0.2) is 8.42 Å². The Hall–Kier alpha value is -2.54. The number of fused-ring (bicyclic) bond motifs is 1. The van der Waals surface area contributed by atoms with E-state index in [1.54, 1.807) is 50.2 Å². The number of amides is 1. The third-order valence-corrected chi connectivity index (χ3v) is 6.02. The third-order valence-electron chi connectivity index (χ3n) is 3.95. The first-order chi connectivity index (χ1) is 11.3. The lowest BCUT2D eigenvalue weighted by molar-refractivity contribution is -0.115. The number of nitrogens with one attached hydrogen (secondary N) is 1. The second-order valence-corrected chi connectivity index (χ2v) is 7.47. The Morgan fingerprint density at radius 2 is 1.75 bits per heavy atom. The minimum absolute atomic E-state index is 0.202. The Balaban J connectivity index is 2.18. The minimum Gasteiger partial charge on any atom is -0.497 e. The lowest BCUT2D eigenvalue weighted by Crippen LogP contribution is -2.42. The van der Waals surface area contributed by atoms with E-state index in [0.29, 0.717) is 28.3 Å². The number of methoxy groups -OCH3 is 1. The highest BCUT2D eigenvalue weighted by molar-refractivity contribution is 7.93. The SMILES string of the molecule is COc1cc(C)c(S(=O)(=O)N2CC(=O)Nc3ccccc32)c(C)c1. The van der Waals surface area contributed by atoms with Gasteiger partial charge in [-0.05, 0) is 49.2 Å². The van der Waals surface area contributed by atoms with Crippen LogP contribution in [0.3, 0.4) is 0 Å². The van der Waals surface area contributed by atoms with Crippen molar-refractivity contribution in [3.05, 3.63) is 47.5 Å². The van der Waals surface area contributed by atoms with Gasteiger partial charge in [-0.2, -0.15) is 0 Å². The molecule has 0 radical (unpaired) electrons. The summed E-state index contributed by atoms with van der Waals surface area (Å²) < 4.78 is 32.8. The first kappa shape index (κ1) is 16.3. The van der Waals surface area contributed by atoms with Crippen LogP contribution in [0.2, 0.25) is 0 Å².